The van der Waals surface area contributed by atoms with Crippen LogP contribution < -0.4 is 10.1 Å². The minimum atomic E-state index is 0.930. The molecular formula is C18H23NO. The van der Waals surface area contributed by atoms with Gasteiger partial charge in [-0.05, 0) is 42.1 Å². The minimum Gasteiger partial charge on any atom is -0.496 e. The molecule has 0 bridgehead atoms. The van der Waals surface area contributed by atoms with Gasteiger partial charge < -0.3 is 10.1 Å². The quantitative estimate of drug-likeness (QED) is 0.776. The van der Waals surface area contributed by atoms with Gasteiger partial charge in [0.05, 0.1) is 7.11 Å². The van der Waals surface area contributed by atoms with Crippen LogP contribution in [0.25, 0.3) is 0 Å². The molecule has 0 heterocycles. The number of hydrogen-bond donors (Lipinski definition) is 1. The molecule has 2 nitrogen and oxygen atoms in total. The third kappa shape index (κ3) is 3.84. The van der Waals surface area contributed by atoms with E-state index in [1.54, 1.807) is 7.11 Å². The summed E-state index contributed by atoms with van der Waals surface area (Å²) in [5.74, 6) is 0.975. The van der Waals surface area contributed by atoms with Crippen LogP contribution in [0.2, 0.25) is 0 Å². The third-order valence-corrected chi connectivity index (χ3v) is 3.58. The Kier molecular flexibility index (Phi) is 5.63. The monoisotopic (exact) mass is 269 g/mol. The van der Waals surface area contributed by atoms with Crippen LogP contribution in [-0.2, 0) is 19.4 Å². The van der Waals surface area contributed by atoms with Crippen molar-refractivity contribution in [3.63, 3.8) is 0 Å². The highest BCUT2D eigenvalue weighted by Crippen LogP contribution is 2.17. The molecule has 0 atom stereocenters. The second kappa shape index (κ2) is 7.71. The van der Waals surface area contributed by atoms with Crippen LogP contribution >= 0.6 is 0 Å². The van der Waals surface area contributed by atoms with Crippen molar-refractivity contribution in [1.29, 1.82) is 0 Å². The summed E-state index contributed by atoms with van der Waals surface area (Å²) in [6.45, 7) is 4.09. The van der Waals surface area contributed by atoms with Crippen molar-refractivity contribution in [2.24, 2.45) is 0 Å². The van der Waals surface area contributed by atoms with Crippen molar-refractivity contribution in [2.75, 3.05) is 13.7 Å². The molecule has 106 valence electrons. The molecule has 2 rings (SSSR count). The molecule has 0 saturated heterocycles. The summed E-state index contributed by atoms with van der Waals surface area (Å²) >= 11 is 0. The Morgan fingerprint density at radius 2 is 1.55 bits per heavy atom. The first-order valence-electron chi connectivity index (χ1n) is 7.24. The van der Waals surface area contributed by atoms with Crippen molar-refractivity contribution >= 4 is 0 Å². The van der Waals surface area contributed by atoms with Gasteiger partial charge in [0.15, 0.2) is 0 Å². The van der Waals surface area contributed by atoms with Crippen LogP contribution in [-0.4, -0.2) is 13.7 Å². The molecule has 0 amide bonds. The third-order valence-electron chi connectivity index (χ3n) is 3.58. The maximum Gasteiger partial charge on any atom is 0.122 e. The zero-order chi connectivity index (χ0) is 14.2. The second-order valence-corrected chi connectivity index (χ2v) is 4.86. The fourth-order valence-electron chi connectivity index (χ4n) is 2.43. The summed E-state index contributed by atoms with van der Waals surface area (Å²) in [5, 5.41) is 3.52. The summed E-state index contributed by atoms with van der Waals surface area (Å²) in [5.41, 5.74) is 4.08. The summed E-state index contributed by atoms with van der Waals surface area (Å²) in [6, 6.07) is 16.8. The number of methoxy groups -OCH3 is 1. The Bertz CT molecular complexity index is 487. The van der Waals surface area contributed by atoms with E-state index in [0.29, 0.717) is 0 Å². The standard InChI is InChI=1S/C18H23NO/c1-3-15-8-4-5-10-17(15)14-19-13-12-16-9-6-7-11-18(16)20-2/h4-11,19H,3,12-14H2,1-2H3. The summed E-state index contributed by atoms with van der Waals surface area (Å²) in [6.07, 6.45) is 2.07. The molecule has 2 aromatic rings. The van der Waals surface area contributed by atoms with Gasteiger partial charge in [0.25, 0.3) is 0 Å². The Labute approximate surface area is 121 Å². The number of hydrogen-bond acceptors (Lipinski definition) is 2. The molecule has 1 N–H and O–H groups in total. The predicted octanol–water partition coefficient (Wildman–Crippen LogP) is 3.59. The van der Waals surface area contributed by atoms with Crippen LogP contribution in [0, 0.1) is 0 Å². The highest BCUT2D eigenvalue weighted by molar-refractivity contribution is 5.33. The lowest BCUT2D eigenvalue weighted by atomic mass is 10.1. The summed E-state index contributed by atoms with van der Waals surface area (Å²) < 4.78 is 5.37. The number of aryl methyl sites for hydroxylation is 1. The van der Waals surface area contributed by atoms with Gasteiger partial charge in [-0.1, -0.05) is 49.4 Å². The van der Waals surface area contributed by atoms with Gasteiger partial charge in [-0.15, -0.1) is 0 Å². The van der Waals surface area contributed by atoms with Crippen LogP contribution in [0.15, 0.2) is 48.5 Å². The number of ether oxygens (including phenoxy) is 1. The minimum absolute atomic E-state index is 0.930. The first-order valence-corrected chi connectivity index (χ1v) is 7.24. The fraction of sp³-hybridized carbons (Fsp3) is 0.333. The van der Waals surface area contributed by atoms with E-state index in [0.717, 1.165) is 31.7 Å². The van der Waals surface area contributed by atoms with Crippen LogP contribution in [0.5, 0.6) is 5.75 Å². The molecule has 0 radical (unpaired) electrons. The molecule has 0 aliphatic rings. The van der Waals surface area contributed by atoms with E-state index in [2.05, 4.69) is 48.6 Å². The maximum atomic E-state index is 5.37. The van der Waals surface area contributed by atoms with E-state index in [1.807, 2.05) is 12.1 Å². The molecule has 0 aromatic heterocycles. The topological polar surface area (TPSA) is 21.3 Å². The van der Waals surface area contributed by atoms with E-state index in [4.69, 9.17) is 4.74 Å². The van der Waals surface area contributed by atoms with Gasteiger partial charge in [-0.3, -0.25) is 0 Å². The molecule has 0 unspecified atom stereocenters. The SMILES string of the molecule is CCc1ccccc1CNCCc1ccccc1OC. The molecule has 2 heteroatoms. The Hall–Kier alpha value is -1.80. The number of nitrogens with one attached hydrogen (secondary N) is 1. The van der Waals surface area contributed by atoms with Gasteiger partial charge in [-0.2, -0.15) is 0 Å². The number of benzene rings is 2. The van der Waals surface area contributed by atoms with E-state index in [9.17, 15) is 0 Å². The first kappa shape index (κ1) is 14.6. The zero-order valence-corrected chi connectivity index (χ0v) is 12.4. The van der Waals surface area contributed by atoms with Gasteiger partial charge in [0, 0.05) is 6.54 Å². The summed E-state index contributed by atoms with van der Waals surface area (Å²) in [4.78, 5) is 0. The Balaban J connectivity index is 1.84. The second-order valence-electron chi connectivity index (χ2n) is 4.86. The number of rotatable bonds is 7. The highest BCUT2D eigenvalue weighted by atomic mass is 16.5. The molecule has 0 aliphatic heterocycles. The Morgan fingerprint density at radius 1 is 0.900 bits per heavy atom. The predicted molar refractivity (Wildman–Crippen MR) is 84.2 cm³/mol. The largest absolute Gasteiger partial charge is 0.496 e. The lowest BCUT2D eigenvalue weighted by Crippen LogP contribution is -2.17. The molecule has 2 aromatic carbocycles. The van der Waals surface area contributed by atoms with E-state index < -0.39 is 0 Å². The molecule has 0 aliphatic carbocycles. The number of para-hydroxylation sites is 1. The van der Waals surface area contributed by atoms with Crippen molar-refractivity contribution in [2.45, 2.75) is 26.3 Å². The van der Waals surface area contributed by atoms with Gasteiger partial charge in [-0.25, -0.2) is 0 Å². The fourth-order valence-corrected chi connectivity index (χ4v) is 2.43. The van der Waals surface area contributed by atoms with Gasteiger partial charge in [0.2, 0.25) is 0 Å². The Morgan fingerprint density at radius 3 is 2.25 bits per heavy atom. The van der Waals surface area contributed by atoms with E-state index in [-0.39, 0.29) is 0 Å². The van der Waals surface area contributed by atoms with E-state index in [1.165, 1.54) is 16.7 Å². The molecule has 0 spiro atoms. The molecule has 0 saturated carbocycles. The van der Waals surface area contributed by atoms with Crippen molar-refractivity contribution < 1.29 is 4.74 Å². The van der Waals surface area contributed by atoms with Crippen LogP contribution in [0.1, 0.15) is 23.6 Å². The van der Waals surface area contributed by atoms with Gasteiger partial charge >= 0.3 is 0 Å². The van der Waals surface area contributed by atoms with Crippen LogP contribution in [0.3, 0.4) is 0 Å². The molecular weight excluding hydrogens is 246 g/mol. The lowest BCUT2D eigenvalue weighted by molar-refractivity contribution is 0.409. The van der Waals surface area contributed by atoms with E-state index >= 15 is 0 Å². The molecule has 20 heavy (non-hydrogen) atoms. The van der Waals surface area contributed by atoms with Crippen molar-refractivity contribution in [3.8, 4) is 5.75 Å². The normalized spacial score (nSPS) is 10.5. The highest BCUT2D eigenvalue weighted by Gasteiger charge is 2.02. The van der Waals surface area contributed by atoms with Gasteiger partial charge in [0.1, 0.15) is 5.75 Å². The maximum absolute atomic E-state index is 5.37. The van der Waals surface area contributed by atoms with Crippen molar-refractivity contribution in [1.82, 2.24) is 5.32 Å². The average molecular weight is 269 g/mol. The molecule has 0 fully saturated rings. The lowest BCUT2D eigenvalue weighted by Gasteiger charge is -2.11. The smallest absolute Gasteiger partial charge is 0.122 e. The average Bonchev–Trinajstić information content (AvgIpc) is 2.52. The summed E-state index contributed by atoms with van der Waals surface area (Å²) in [7, 11) is 1.73. The van der Waals surface area contributed by atoms with Crippen LogP contribution in [0.4, 0.5) is 0 Å². The zero-order valence-electron chi connectivity index (χ0n) is 12.4. The first-order chi connectivity index (χ1) is 9.85. The van der Waals surface area contributed by atoms with Crippen molar-refractivity contribution in [3.05, 3.63) is 65.2 Å².